The molecule has 1 aromatic heterocycles. The number of carbonyl (C=O) groups is 2. The third-order valence-electron chi connectivity index (χ3n) is 6.49. The van der Waals surface area contributed by atoms with Crippen molar-refractivity contribution in [3.63, 3.8) is 0 Å². The van der Waals surface area contributed by atoms with Gasteiger partial charge in [-0.2, -0.15) is 0 Å². The molecule has 2 heterocycles. The maximum absolute atomic E-state index is 13.1. The van der Waals surface area contributed by atoms with Crippen LogP contribution >= 0.6 is 0 Å². The van der Waals surface area contributed by atoms with Crippen molar-refractivity contribution in [3.8, 4) is 17.2 Å². The van der Waals surface area contributed by atoms with Crippen LogP contribution in [0.15, 0.2) is 36.5 Å². The highest BCUT2D eigenvalue weighted by atomic mass is 16.6. The summed E-state index contributed by atoms with van der Waals surface area (Å²) in [7, 11) is 3.02. The van der Waals surface area contributed by atoms with Crippen molar-refractivity contribution in [1.29, 1.82) is 0 Å². The molecule has 0 unspecified atom stereocenters. The minimum absolute atomic E-state index is 0.105. The Balaban J connectivity index is 1.78. The molecule has 1 aromatic carbocycles. The quantitative estimate of drug-likeness (QED) is 0.484. The predicted octanol–water partition coefficient (Wildman–Crippen LogP) is 3.92. The summed E-state index contributed by atoms with van der Waals surface area (Å²) >= 11 is 0. The Kier molecular flexibility index (Phi) is 10.1. The van der Waals surface area contributed by atoms with Crippen LogP contribution in [0.4, 0.5) is 0 Å². The molecule has 9 nitrogen and oxygen atoms in total. The number of pyridine rings is 1. The second-order valence-corrected chi connectivity index (χ2v) is 9.81. The van der Waals surface area contributed by atoms with Gasteiger partial charge >= 0.3 is 5.97 Å². The molecular formula is C28H38N2O7. The summed E-state index contributed by atoms with van der Waals surface area (Å²) in [6.07, 6.45) is 3.14. The van der Waals surface area contributed by atoms with E-state index in [1.165, 1.54) is 19.4 Å². The van der Waals surface area contributed by atoms with Crippen LogP contribution in [-0.4, -0.2) is 61.0 Å². The van der Waals surface area contributed by atoms with Gasteiger partial charge in [-0.1, -0.05) is 32.4 Å². The van der Waals surface area contributed by atoms with Gasteiger partial charge in [0, 0.05) is 18.9 Å². The first-order valence-corrected chi connectivity index (χ1v) is 12.7. The predicted molar refractivity (Wildman–Crippen MR) is 138 cm³/mol. The smallest absolute Gasteiger partial charge is 0.329 e. The molecule has 1 fully saturated rings. The van der Waals surface area contributed by atoms with Crippen molar-refractivity contribution >= 4 is 11.9 Å². The minimum Gasteiger partial charge on any atom is -0.503 e. The fraction of sp³-hybridized carbons (Fsp3) is 0.536. The van der Waals surface area contributed by atoms with Crippen molar-refractivity contribution < 1.29 is 33.6 Å². The van der Waals surface area contributed by atoms with E-state index in [1.807, 2.05) is 31.2 Å². The van der Waals surface area contributed by atoms with Crippen LogP contribution in [0, 0.1) is 11.8 Å². The molecule has 9 heteroatoms. The monoisotopic (exact) mass is 514 g/mol. The van der Waals surface area contributed by atoms with E-state index in [4.69, 9.17) is 18.9 Å². The minimum atomic E-state index is -0.882. The number of ether oxygens (including phenoxy) is 4. The maximum Gasteiger partial charge on any atom is 0.329 e. The maximum atomic E-state index is 13.1. The SMILES string of the molecule is COc1ccc(C[C@H]2CCC[C@H](NC(=O)c3nccc(OC)c3O)C(=O)O[C@@H](C)[C@@H]2OCC(C)C)cc1. The average Bonchev–Trinajstić information content (AvgIpc) is 2.92. The lowest BCUT2D eigenvalue weighted by Crippen LogP contribution is -2.44. The Hall–Kier alpha value is -3.33. The number of nitrogens with one attached hydrogen (secondary N) is 1. The molecule has 2 N–H and O–H groups in total. The zero-order valence-electron chi connectivity index (χ0n) is 22.2. The standard InChI is InChI=1S/C28H38N2O7/c1-17(2)16-36-26-18(3)37-28(33)22(30-27(32)24-25(31)23(35-5)13-14-29-24)8-6-7-20(26)15-19-9-11-21(34-4)12-10-19/h9-14,17-18,20,22,26,31H,6-8,15-16H2,1-5H3,(H,30,32)/t18-,20+,22-,26-/m0/s1. The normalized spacial score (nSPS) is 22.4. The van der Waals surface area contributed by atoms with E-state index in [0.717, 1.165) is 24.2 Å². The van der Waals surface area contributed by atoms with Gasteiger partial charge in [-0.3, -0.25) is 4.79 Å². The average molecular weight is 515 g/mol. The molecule has 4 atom stereocenters. The van der Waals surface area contributed by atoms with Crippen molar-refractivity contribution in [3.05, 3.63) is 47.8 Å². The zero-order valence-corrected chi connectivity index (χ0v) is 22.2. The number of amides is 1. The molecule has 1 aliphatic heterocycles. The van der Waals surface area contributed by atoms with Gasteiger partial charge in [0.1, 0.15) is 17.9 Å². The molecule has 0 spiro atoms. The van der Waals surface area contributed by atoms with Crippen LogP contribution < -0.4 is 14.8 Å². The Labute approximate surface area is 218 Å². The summed E-state index contributed by atoms with van der Waals surface area (Å²) in [6.45, 7) is 6.55. The summed E-state index contributed by atoms with van der Waals surface area (Å²) in [5.41, 5.74) is 0.932. The number of nitrogens with zero attached hydrogens (tertiary/aromatic N) is 1. The molecule has 0 aliphatic carbocycles. The van der Waals surface area contributed by atoms with Crippen molar-refractivity contribution in [1.82, 2.24) is 10.3 Å². The first-order valence-electron chi connectivity index (χ1n) is 12.7. The van der Waals surface area contributed by atoms with Crippen LogP contribution in [0.3, 0.4) is 0 Å². The van der Waals surface area contributed by atoms with Gasteiger partial charge in [-0.25, -0.2) is 9.78 Å². The molecule has 1 aliphatic rings. The first-order chi connectivity index (χ1) is 17.7. The van der Waals surface area contributed by atoms with Gasteiger partial charge in [0.05, 0.1) is 20.3 Å². The number of carbonyl (C=O) groups excluding carboxylic acids is 2. The molecule has 2 aromatic rings. The highest BCUT2D eigenvalue weighted by Gasteiger charge is 2.35. The van der Waals surface area contributed by atoms with E-state index >= 15 is 0 Å². The van der Waals surface area contributed by atoms with E-state index in [1.54, 1.807) is 7.11 Å². The lowest BCUT2D eigenvalue weighted by Gasteiger charge is -2.32. The van der Waals surface area contributed by atoms with Crippen molar-refractivity contribution in [2.45, 2.75) is 64.7 Å². The van der Waals surface area contributed by atoms with E-state index in [-0.39, 0.29) is 29.2 Å². The topological polar surface area (TPSA) is 116 Å². The Morgan fingerprint density at radius 2 is 1.89 bits per heavy atom. The number of hydrogen-bond acceptors (Lipinski definition) is 8. The Morgan fingerprint density at radius 1 is 1.16 bits per heavy atom. The van der Waals surface area contributed by atoms with Crippen LogP contribution in [0.25, 0.3) is 0 Å². The van der Waals surface area contributed by atoms with Crippen molar-refractivity contribution in [2.24, 2.45) is 11.8 Å². The second-order valence-electron chi connectivity index (χ2n) is 9.81. The fourth-order valence-electron chi connectivity index (χ4n) is 4.56. The molecule has 1 saturated heterocycles. The largest absolute Gasteiger partial charge is 0.503 e. The number of hydrogen-bond donors (Lipinski definition) is 2. The number of methoxy groups -OCH3 is 2. The van der Waals surface area contributed by atoms with Crippen LogP contribution in [0.5, 0.6) is 17.2 Å². The molecule has 202 valence electrons. The number of benzene rings is 1. The molecule has 0 radical (unpaired) electrons. The van der Waals surface area contributed by atoms with E-state index in [2.05, 4.69) is 24.1 Å². The number of cyclic esters (lactones) is 1. The molecule has 1 amide bonds. The third kappa shape index (κ3) is 7.58. The molecule has 3 rings (SSSR count). The lowest BCUT2D eigenvalue weighted by atomic mass is 9.86. The number of esters is 1. The van der Waals surface area contributed by atoms with E-state index in [0.29, 0.717) is 25.4 Å². The number of aromatic hydroxyl groups is 1. The van der Waals surface area contributed by atoms with Crippen LogP contribution in [0.2, 0.25) is 0 Å². The fourth-order valence-corrected chi connectivity index (χ4v) is 4.56. The second kappa shape index (κ2) is 13.3. The molecular weight excluding hydrogens is 476 g/mol. The summed E-state index contributed by atoms with van der Waals surface area (Å²) in [5.74, 6) is -0.241. The summed E-state index contributed by atoms with van der Waals surface area (Å²) < 4.78 is 22.5. The molecule has 0 saturated carbocycles. The van der Waals surface area contributed by atoms with E-state index in [9.17, 15) is 14.7 Å². The van der Waals surface area contributed by atoms with Gasteiger partial charge in [0.15, 0.2) is 17.2 Å². The van der Waals surface area contributed by atoms with Gasteiger partial charge < -0.3 is 29.4 Å². The summed E-state index contributed by atoms with van der Waals surface area (Å²) in [5, 5.41) is 13.0. The number of aromatic nitrogens is 1. The Morgan fingerprint density at radius 3 is 2.54 bits per heavy atom. The molecule has 37 heavy (non-hydrogen) atoms. The van der Waals surface area contributed by atoms with Gasteiger partial charge in [-0.05, 0) is 55.7 Å². The third-order valence-corrected chi connectivity index (χ3v) is 6.49. The number of rotatable bonds is 9. The summed E-state index contributed by atoms with van der Waals surface area (Å²) in [6, 6.07) is 8.52. The van der Waals surface area contributed by atoms with Crippen LogP contribution in [0.1, 0.15) is 56.1 Å². The Bertz CT molecular complexity index is 1040. The first kappa shape index (κ1) is 28.2. The van der Waals surface area contributed by atoms with Gasteiger partial charge in [-0.15, -0.1) is 0 Å². The highest BCUT2D eigenvalue weighted by Crippen LogP contribution is 2.30. The van der Waals surface area contributed by atoms with Crippen molar-refractivity contribution in [2.75, 3.05) is 20.8 Å². The molecule has 0 bridgehead atoms. The highest BCUT2D eigenvalue weighted by molar-refractivity contribution is 5.97. The zero-order chi connectivity index (χ0) is 26.9. The summed E-state index contributed by atoms with van der Waals surface area (Å²) in [4.78, 5) is 29.9. The lowest BCUT2D eigenvalue weighted by molar-refractivity contribution is -0.161. The van der Waals surface area contributed by atoms with Gasteiger partial charge in [0.2, 0.25) is 0 Å². The van der Waals surface area contributed by atoms with E-state index < -0.39 is 24.0 Å². The van der Waals surface area contributed by atoms with Crippen LogP contribution in [-0.2, 0) is 20.7 Å². The van der Waals surface area contributed by atoms with Gasteiger partial charge in [0.25, 0.3) is 5.91 Å².